The highest BCUT2D eigenvalue weighted by molar-refractivity contribution is 5.95. The number of amides is 1. The van der Waals surface area contributed by atoms with E-state index in [1.165, 1.54) is 0 Å². The Morgan fingerprint density at radius 1 is 1.37 bits per heavy atom. The third kappa shape index (κ3) is 4.04. The van der Waals surface area contributed by atoms with Crippen LogP contribution in [0.2, 0.25) is 0 Å². The highest BCUT2D eigenvalue weighted by Gasteiger charge is 2.20. The van der Waals surface area contributed by atoms with E-state index in [2.05, 4.69) is 10.6 Å². The predicted octanol–water partition coefficient (Wildman–Crippen LogP) is 0.241. The van der Waals surface area contributed by atoms with Gasteiger partial charge in [-0.3, -0.25) is 9.59 Å². The molecule has 3 N–H and O–H groups in total. The topological polar surface area (TPSA) is 87.7 Å². The maximum absolute atomic E-state index is 11.9. The van der Waals surface area contributed by atoms with Crippen molar-refractivity contribution in [3.8, 4) is 0 Å². The summed E-state index contributed by atoms with van der Waals surface area (Å²) in [6.45, 7) is 1.65. The number of carbonyl (C=O) groups excluding carboxylic acids is 1. The van der Waals surface area contributed by atoms with Crippen molar-refractivity contribution in [1.82, 2.24) is 5.32 Å². The number of anilines is 1. The largest absolute Gasteiger partial charge is 0.481 e. The predicted molar refractivity (Wildman–Crippen MR) is 69.0 cm³/mol. The van der Waals surface area contributed by atoms with E-state index in [1.807, 2.05) is 0 Å². The summed E-state index contributed by atoms with van der Waals surface area (Å²) in [5.74, 6) is -1.02. The summed E-state index contributed by atoms with van der Waals surface area (Å²) >= 11 is 0. The monoisotopic (exact) mass is 264 g/mol. The molecule has 1 atom stereocenters. The second-order valence-electron chi connectivity index (χ2n) is 4.34. The number of hydrogen-bond acceptors (Lipinski definition) is 4. The molecule has 6 heteroatoms. The molecule has 0 aliphatic carbocycles. The number of aliphatic carboxylic acids is 1. The van der Waals surface area contributed by atoms with Crippen molar-refractivity contribution in [2.75, 3.05) is 25.1 Å². The van der Waals surface area contributed by atoms with Gasteiger partial charge in [0.2, 0.25) is 5.91 Å². The lowest BCUT2D eigenvalue weighted by Gasteiger charge is -2.22. The zero-order valence-electron chi connectivity index (χ0n) is 10.4. The molecule has 1 amide bonds. The van der Waals surface area contributed by atoms with Gasteiger partial charge >= 0.3 is 5.97 Å². The Hall–Kier alpha value is -1.92. The SMILES string of the molecule is O=C(O)Cc1ccc(NC(=O)C2COCCN2)cc1. The Morgan fingerprint density at radius 3 is 2.68 bits per heavy atom. The Morgan fingerprint density at radius 2 is 2.11 bits per heavy atom. The first-order chi connectivity index (χ1) is 9.15. The number of carboxylic acid groups (broad SMARTS) is 1. The van der Waals surface area contributed by atoms with Crippen LogP contribution in [0.5, 0.6) is 0 Å². The standard InChI is InChI=1S/C13H16N2O4/c16-12(17)7-9-1-3-10(4-2-9)15-13(18)11-8-19-6-5-14-11/h1-4,11,14H,5-8H2,(H,15,18)(H,16,17). The van der Waals surface area contributed by atoms with Crippen molar-refractivity contribution in [3.63, 3.8) is 0 Å². The molecule has 1 aromatic carbocycles. The van der Waals surface area contributed by atoms with Crippen LogP contribution >= 0.6 is 0 Å². The molecule has 1 heterocycles. The minimum absolute atomic E-state index is 0.0216. The molecule has 1 fully saturated rings. The van der Waals surface area contributed by atoms with E-state index in [-0.39, 0.29) is 18.4 Å². The van der Waals surface area contributed by atoms with E-state index in [9.17, 15) is 9.59 Å². The first kappa shape index (κ1) is 13.5. The van der Waals surface area contributed by atoms with E-state index in [0.29, 0.717) is 31.0 Å². The van der Waals surface area contributed by atoms with Gasteiger partial charge in [-0.05, 0) is 17.7 Å². The summed E-state index contributed by atoms with van der Waals surface area (Å²) in [6.07, 6.45) is -0.0216. The molecular weight excluding hydrogens is 248 g/mol. The number of carboxylic acids is 1. The average molecular weight is 264 g/mol. The van der Waals surface area contributed by atoms with E-state index < -0.39 is 5.97 Å². The lowest BCUT2D eigenvalue weighted by Crippen LogP contribution is -2.48. The summed E-state index contributed by atoms with van der Waals surface area (Å²) in [5, 5.41) is 14.5. The van der Waals surface area contributed by atoms with Crippen molar-refractivity contribution in [3.05, 3.63) is 29.8 Å². The van der Waals surface area contributed by atoms with E-state index in [0.717, 1.165) is 0 Å². The minimum atomic E-state index is -0.875. The number of hydrogen-bond donors (Lipinski definition) is 3. The number of nitrogens with one attached hydrogen (secondary N) is 2. The van der Waals surface area contributed by atoms with Crippen molar-refractivity contribution >= 4 is 17.6 Å². The van der Waals surface area contributed by atoms with Crippen LogP contribution in [0.3, 0.4) is 0 Å². The van der Waals surface area contributed by atoms with Crippen LogP contribution in [0.1, 0.15) is 5.56 Å². The van der Waals surface area contributed by atoms with Crippen molar-refractivity contribution < 1.29 is 19.4 Å². The van der Waals surface area contributed by atoms with Crippen LogP contribution in [-0.4, -0.2) is 42.8 Å². The maximum Gasteiger partial charge on any atom is 0.307 e. The molecule has 0 aromatic heterocycles. The lowest BCUT2D eigenvalue weighted by atomic mass is 10.1. The fourth-order valence-corrected chi connectivity index (χ4v) is 1.84. The number of benzene rings is 1. The van der Waals surface area contributed by atoms with Gasteiger partial charge in [-0.2, -0.15) is 0 Å². The molecule has 2 rings (SSSR count). The smallest absolute Gasteiger partial charge is 0.307 e. The Labute approximate surface area is 110 Å². The first-order valence-corrected chi connectivity index (χ1v) is 6.08. The minimum Gasteiger partial charge on any atom is -0.481 e. The molecule has 1 unspecified atom stereocenters. The van der Waals surface area contributed by atoms with Crippen molar-refractivity contribution in [1.29, 1.82) is 0 Å². The summed E-state index contributed by atoms with van der Waals surface area (Å²) in [5.41, 5.74) is 1.34. The highest BCUT2D eigenvalue weighted by Crippen LogP contribution is 2.11. The summed E-state index contributed by atoms with van der Waals surface area (Å²) in [7, 11) is 0. The van der Waals surface area contributed by atoms with Gasteiger partial charge in [-0.25, -0.2) is 0 Å². The zero-order chi connectivity index (χ0) is 13.7. The molecule has 1 aliphatic heterocycles. The summed E-state index contributed by atoms with van der Waals surface area (Å²) in [6, 6.07) is 6.43. The lowest BCUT2D eigenvalue weighted by molar-refractivity contribution is -0.136. The molecule has 0 bridgehead atoms. The van der Waals surface area contributed by atoms with Crippen LogP contribution in [0.25, 0.3) is 0 Å². The van der Waals surface area contributed by atoms with Gasteiger partial charge in [-0.1, -0.05) is 12.1 Å². The fourth-order valence-electron chi connectivity index (χ4n) is 1.84. The van der Waals surface area contributed by atoms with Crippen molar-refractivity contribution in [2.24, 2.45) is 0 Å². The van der Waals surface area contributed by atoms with Gasteiger partial charge in [0.1, 0.15) is 6.04 Å². The molecule has 1 saturated heterocycles. The van der Waals surface area contributed by atoms with Gasteiger partial charge in [0, 0.05) is 12.2 Å². The van der Waals surface area contributed by atoms with Crippen LogP contribution in [0.15, 0.2) is 24.3 Å². The van der Waals surface area contributed by atoms with Gasteiger partial charge in [-0.15, -0.1) is 0 Å². The van der Waals surface area contributed by atoms with E-state index in [4.69, 9.17) is 9.84 Å². The fraction of sp³-hybridized carbons (Fsp3) is 0.385. The molecule has 19 heavy (non-hydrogen) atoms. The van der Waals surface area contributed by atoms with Crippen molar-refractivity contribution in [2.45, 2.75) is 12.5 Å². The second kappa shape index (κ2) is 6.31. The van der Waals surface area contributed by atoms with E-state index >= 15 is 0 Å². The third-order valence-electron chi connectivity index (χ3n) is 2.81. The number of morpholine rings is 1. The van der Waals surface area contributed by atoms with Crippen LogP contribution in [0, 0.1) is 0 Å². The average Bonchev–Trinajstić information content (AvgIpc) is 2.41. The molecular formula is C13H16N2O4. The Balaban J connectivity index is 1.91. The summed E-state index contributed by atoms with van der Waals surface area (Å²) < 4.78 is 5.22. The molecule has 0 radical (unpaired) electrons. The van der Waals surface area contributed by atoms with Crippen LogP contribution in [0.4, 0.5) is 5.69 Å². The zero-order valence-corrected chi connectivity index (χ0v) is 10.4. The van der Waals surface area contributed by atoms with Crippen LogP contribution < -0.4 is 10.6 Å². The van der Waals surface area contributed by atoms with E-state index in [1.54, 1.807) is 24.3 Å². The second-order valence-corrected chi connectivity index (χ2v) is 4.34. The Bertz CT molecular complexity index is 452. The van der Waals surface area contributed by atoms with Gasteiger partial charge in [0.25, 0.3) is 0 Å². The molecule has 1 aromatic rings. The van der Waals surface area contributed by atoms with Crippen LogP contribution in [-0.2, 0) is 20.7 Å². The number of carbonyl (C=O) groups is 2. The van der Waals surface area contributed by atoms with Gasteiger partial charge in [0.15, 0.2) is 0 Å². The molecule has 6 nitrogen and oxygen atoms in total. The Kier molecular flexibility index (Phi) is 4.48. The highest BCUT2D eigenvalue weighted by atomic mass is 16.5. The van der Waals surface area contributed by atoms with Gasteiger partial charge < -0.3 is 20.5 Å². The molecule has 0 saturated carbocycles. The summed E-state index contributed by atoms with van der Waals surface area (Å²) in [4.78, 5) is 22.4. The third-order valence-corrected chi connectivity index (χ3v) is 2.81. The number of rotatable bonds is 4. The maximum atomic E-state index is 11.9. The normalized spacial score (nSPS) is 18.8. The molecule has 1 aliphatic rings. The molecule has 102 valence electrons. The van der Waals surface area contributed by atoms with Gasteiger partial charge in [0.05, 0.1) is 19.6 Å². The quantitative estimate of drug-likeness (QED) is 0.725. The molecule has 0 spiro atoms. The first-order valence-electron chi connectivity index (χ1n) is 6.08. The number of ether oxygens (including phenoxy) is 1.